The maximum absolute atomic E-state index is 8.95. The Balaban J connectivity index is 1.97. The highest BCUT2D eigenvalue weighted by atomic mass is 16.6. The van der Waals surface area contributed by atoms with Gasteiger partial charge >= 0.3 is 0 Å². The molecule has 0 saturated carbocycles. The quantitative estimate of drug-likeness (QED) is 0.300. The van der Waals surface area contributed by atoms with E-state index in [0.29, 0.717) is 71.6 Å². The van der Waals surface area contributed by atoms with E-state index >= 15 is 0 Å². The number of nitrogens with zero attached hydrogens (tertiary/aromatic N) is 3. The molecule has 1 saturated heterocycles. The van der Waals surface area contributed by atoms with Gasteiger partial charge in [0, 0.05) is 18.8 Å². The Morgan fingerprint density at radius 3 is 1.82 bits per heavy atom. The zero-order valence-corrected chi connectivity index (χ0v) is 15.8. The number of benzene rings is 1. The van der Waals surface area contributed by atoms with Gasteiger partial charge < -0.3 is 29.1 Å². The molecule has 0 spiro atoms. The summed E-state index contributed by atoms with van der Waals surface area (Å²) in [5, 5.41) is 20.3. The first-order valence-electron chi connectivity index (χ1n) is 9.15. The van der Waals surface area contributed by atoms with E-state index in [9.17, 15) is 0 Å². The number of rotatable bonds is 3. The molecule has 0 amide bonds. The molecule has 1 heterocycles. The molecule has 3 N–H and O–H groups in total. The van der Waals surface area contributed by atoms with E-state index < -0.39 is 0 Å². The van der Waals surface area contributed by atoms with E-state index in [1.165, 1.54) is 0 Å². The van der Waals surface area contributed by atoms with Crippen LogP contribution in [0.5, 0.6) is 0 Å². The summed E-state index contributed by atoms with van der Waals surface area (Å²) >= 11 is 0. The number of nitrogens with one attached hydrogen (secondary N) is 1. The van der Waals surface area contributed by atoms with Gasteiger partial charge in [-0.1, -0.05) is 5.16 Å². The Kier molecular flexibility index (Phi) is 10.9. The average Bonchev–Trinajstić information content (AvgIpc) is 2.73. The zero-order chi connectivity index (χ0) is 19.9. The molecule has 0 unspecified atom stereocenters. The van der Waals surface area contributed by atoms with Crippen LogP contribution in [0.4, 0.5) is 11.4 Å². The second-order valence-corrected chi connectivity index (χ2v) is 5.81. The predicted molar refractivity (Wildman–Crippen MR) is 104 cm³/mol. The minimum atomic E-state index is 0.0238. The standard InChI is InChI=1S/C18H28N4O6/c23-19-15-18(21-24)20-16-1-3-17(4-2-16)22-5-7-25-9-11-27-13-14-28-12-10-26-8-6-22/h1-4,15,23-24H,5-14H2,(H,20,21)/b19-15+. The van der Waals surface area contributed by atoms with Crippen LogP contribution in [-0.4, -0.2) is 88.4 Å². The lowest BCUT2D eigenvalue weighted by Crippen LogP contribution is -2.31. The van der Waals surface area contributed by atoms with Gasteiger partial charge in [0.1, 0.15) is 6.21 Å². The van der Waals surface area contributed by atoms with Crippen molar-refractivity contribution in [3.8, 4) is 0 Å². The molecule has 1 aliphatic rings. The first kappa shape index (κ1) is 22.1. The monoisotopic (exact) mass is 396 g/mol. The Morgan fingerprint density at radius 2 is 1.36 bits per heavy atom. The highest BCUT2D eigenvalue weighted by Gasteiger charge is 2.08. The maximum atomic E-state index is 8.95. The maximum Gasteiger partial charge on any atom is 0.172 e. The SMILES string of the molecule is O/N=C/C(=Nc1ccc(N2CCOCCOCCOCCOCC2)cc1)NO. The normalized spacial score (nSPS) is 19.2. The van der Waals surface area contributed by atoms with Gasteiger partial charge in [-0.15, -0.1) is 0 Å². The highest BCUT2D eigenvalue weighted by molar-refractivity contribution is 6.29. The zero-order valence-electron chi connectivity index (χ0n) is 15.8. The molecule has 1 aromatic carbocycles. The van der Waals surface area contributed by atoms with Gasteiger partial charge in [0.15, 0.2) is 5.84 Å². The van der Waals surface area contributed by atoms with Crippen LogP contribution in [0, 0.1) is 0 Å². The van der Waals surface area contributed by atoms with Crippen LogP contribution in [0.3, 0.4) is 0 Å². The summed E-state index contributed by atoms with van der Waals surface area (Å²) in [6.45, 7) is 5.87. The third-order valence-electron chi connectivity index (χ3n) is 3.89. The van der Waals surface area contributed by atoms with Gasteiger partial charge in [0.05, 0.1) is 58.5 Å². The van der Waals surface area contributed by atoms with E-state index in [-0.39, 0.29) is 5.84 Å². The van der Waals surface area contributed by atoms with Crippen molar-refractivity contribution in [1.82, 2.24) is 5.48 Å². The molecular formula is C18H28N4O6. The van der Waals surface area contributed by atoms with Crippen molar-refractivity contribution in [2.75, 3.05) is 70.8 Å². The van der Waals surface area contributed by atoms with Gasteiger partial charge in [-0.05, 0) is 24.3 Å². The molecule has 0 bridgehead atoms. The fourth-order valence-electron chi connectivity index (χ4n) is 2.50. The lowest BCUT2D eigenvalue weighted by atomic mass is 10.2. The molecule has 28 heavy (non-hydrogen) atoms. The molecule has 10 nitrogen and oxygen atoms in total. The van der Waals surface area contributed by atoms with Gasteiger partial charge in [-0.2, -0.15) is 0 Å². The molecule has 1 fully saturated rings. The summed E-state index contributed by atoms with van der Waals surface area (Å²) in [5.74, 6) is 0.0238. The van der Waals surface area contributed by atoms with Crippen LogP contribution < -0.4 is 10.4 Å². The molecule has 1 aliphatic heterocycles. The van der Waals surface area contributed by atoms with E-state index in [4.69, 9.17) is 29.4 Å². The number of oxime groups is 1. The van der Waals surface area contributed by atoms with Crippen molar-refractivity contribution in [1.29, 1.82) is 0 Å². The van der Waals surface area contributed by atoms with Crippen molar-refractivity contribution in [3.05, 3.63) is 24.3 Å². The first-order chi connectivity index (χ1) is 13.8. The molecule has 0 aliphatic carbocycles. The summed E-state index contributed by atoms with van der Waals surface area (Å²) in [4.78, 5) is 6.28. The lowest BCUT2D eigenvalue weighted by molar-refractivity contribution is 0.00206. The molecule has 156 valence electrons. The van der Waals surface area contributed by atoms with Crippen molar-refractivity contribution in [2.45, 2.75) is 0 Å². The van der Waals surface area contributed by atoms with Crippen LogP contribution >= 0.6 is 0 Å². The van der Waals surface area contributed by atoms with Crippen LogP contribution in [0.15, 0.2) is 34.4 Å². The van der Waals surface area contributed by atoms with Crippen molar-refractivity contribution >= 4 is 23.4 Å². The van der Waals surface area contributed by atoms with E-state index in [1.54, 1.807) is 12.1 Å². The summed E-state index contributed by atoms with van der Waals surface area (Å²) in [7, 11) is 0. The Labute approximate surface area is 164 Å². The number of ether oxygens (including phenoxy) is 4. The van der Waals surface area contributed by atoms with Gasteiger partial charge in [0.2, 0.25) is 0 Å². The Bertz CT molecular complexity index is 580. The second kappa shape index (κ2) is 13.9. The molecule has 0 radical (unpaired) electrons. The van der Waals surface area contributed by atoms with Crippen molar-refractivity contribution in [3.63, 3.8) is 0 Å². The van der Waals surface area contributed by atoms with E-state index in [0.717, 1.165) is 11.9 Å². The van der Waals surface area contributed by atoms with Gasteiger partial charge in [0.25, 0.3) is 0 Å². The summed E-state index contributed by atoms with van der Waals surface area (Å²) in [6.07, 6.45) is 0.999. The molecule has 0 atom stereocenters. The molecule has 0 aromatic heterocycles. The molecular weight excluding hydrogens is 368 g/mol. The number of anilines is 1. The van der Waals surface area contributed by atoms with Crippen LogP contribution in [0.2, 0.25) is 0 Å². The highest BCUT2D eigenvalue weighted by Crippen LogP contribution is 2.20. The average molecular weight is 396 g/mol. The summed E-state index contributed by atoms with van der Waals surface area (Å²) < 4.78 is 22.1. The first-order valence-corrected chi connectivity index (χ1v) is 9.15. The third kappa shape index (κ3) is 8.63. The molecule has 1 aromatic rings. The molecule has 2 rings (SSSR count). The lowest BCUT2D eigenvalue weighted by Gasteiger charge is -2.25. The third-order valence-corrected chi connectivity index (χ3v) is 3.89. The summed E-state index contributed by atoms with van der Waals surface area (Å²) in [5.41, 5.74) is 3.45. The van der Waals surface area contributed by atoms with Crippen LogP contribution in [-0.2, 0) is 18.9 Å². The fourth-order valence-corrected chi connectivity index (χ4v) is 2.50. The second-order valence-electron chi connectivity index (χ2n) is 5.81. The fraction of sp³-hybridized carbons (Fsp3) is 0.556. The van der Waals surface area contributed by atoms with E-state index in [1.807, 2.05) is 17.6 Å². The Hall–Kier alpha value is -2.24. The number of amidine groups is 1. The topological polar surface area (TPSA) is 117 Å². The van der Waals surface area contributed by atoms with E-state index in [2.05, 4.69) is 15.0 Å². The number of hydroxylamine groups is 1. The van der Waals surface area contributed by atoms with Crippen molar-refractivity contribution in [2.24, 2.45) is 10.1 Å². The minimum Gasteiger partial charge on any atom is -0.411 e. The predicted octanol–water partition coefficient (Wildman–Crippen LogP) is 1.04. The minimum absolute atomic E-state index is 0.0238. The summed E-state index contributed by atoms with van der Waals surface area (Å²) in [6, 6.07) is 7.45. The Morgan fingerprint density at radius 1 is 0.857 bits per heavy atom. The number of hydrogen-bond acceptors (Lipinski definition) is 9. The van der Waals surface area contributed by atoms with Crippen molar-refractivity contribution < 1.29 is 29.4 Å². The van der Waals surface area contributed by atoms with Gasteiger partial charge in [-0.25, -0.2) is 4.99 Å². The number of aliphatic imine (C=N–C) groups is 1. The van der Waals surface area contributed by atoms with Gasteiger partial charge in [-0.3, -0.25) is 10.7 Å². The molecule has 10 heteroatoms. The smallest absolute Gasteiger partial charge is 0.172 e. The largest absolute Gasteiger partial charge is 0.411 e. The van der Waals surface area contributed by atoms with Crippen LogP contribution in [0.25, 0.3) is 0 Å². The number of hydrogen-bond donors (Lipinski definition) is 3. The van der Waals surface area contributed by atoms with Crippen LogP contribution in [0.1, 0.15) is 0 Å².